The van der Waals surface area contributed by atoms with E-state index in [0.29, 0.717) is 17.3 Å². The van der Waals surface area contributed by atoms with Gasteiger partial charge in [-0.1, -0.05) is 68.5 Å². The summed E-state index contributed by atoms with van der Waals surface area (Å²) in [6.45, 7) is 18.1. The molecule has 0 N–H and O–H groups in total. The summed E-state index contributed by atoms with van der Waals surface area (Å²) in [7, 11) is 0. The Morgan fingerprint density at radius 2 is 1.86 bits per heavy atom. The van der Waals surface area contributed by atoms with Gasteiger partial charge in [0.1, 0.15) is 0 Å². The van der Waals surface area contributed by atoms with Gasteiger partial charge in [-0.3, -0.25) is 0 Å². The van der Waals surface area contributed by atoms with Crippen LogP contribution in [-0.4, -0.2) is 0 Å². The molecule has 4 aliphatic rings. The zero-order valence-electron chi connectivity index (χ0n) is 14.1. The predicted octanol–water partition coefficient (Wildman–Crippen LogP) is 6.00. The van der Waals surface area contributed by atoms with E-state index < -0.39 is 0 Å². The fourth-order valence-electron chi connectivity index (χ4n) is 6.09. The molecular formula is C22H28. The smallest absolute Gasteiger partial charge is 0.000110 e. The Balaban J connectivity index is 1.83. The highest BCUT2D eigenvalue weighted by molar-refractivity contribution is 5.45. The van der Waals surface area contributed by atoms with Crippen LogP contribution in [0.3, 0.4) is 0 Å². The lowest BCUT2D eigenvalue weighted by Gasteiger charge is -2.56. The summed E-state index contributed by atoms with van der Waals surface area (Å²) in [5.41, 5.74) is 6.27. The van der Waals surface area contributed by atoms with Crippen molar-refractivity contribution in [3.8, 4) is 0 Å². The van der Waals surface area contributed by atoms with Crippen molar-refractivity contribution in [2.45, 2.75) is 46.0 Å². The van der Waals surface area contributed by atoms with Gasteiger partial charge in [-0.05, 0) is 66.3 Å². The van der Waals surface area contributed by atoms with Crippen LogP contribution in [-0.2, 0) is 0 Å². The van der Waals surface area contributed by atoms with Crippen LogP contribution in [0, 0.1) is 28.6 Å². The highest BCUT2D eigenvalue weighted by Crippen LogP contribution is 2.66. The molecule has 116 valence electrons. The Morgan fingerprint density at radius 1 is 1.09 bits per heavy atom. The van der Waals surface area contributed by atoms with Crippen LogP contribution in [0.5, 0.6) is 0 Å². The summed E-state index contributed by atoms with van der Waals surface area (Å²) in [5, 5.41) is 0. The molecule has 0 saturated heterocycles. The van der Waals surface area contributed by atoms with E-state index in [1.54, 1.807) is 0 Å². The molecule has 4 rings (SSSR count). The first-order valence-corrected chi connectivity index (χ1v) is 8.80. The van der Waals surface area contributed by atoms with Gasteiger partial charge in [-0.2, -0.15) is 0 Å². The molecule has 0 heterocycles. The van der Waals surface area contributed by atoms with Crippen LogP contribution in [0.25, 0.3) is 0 Å². The van der Waals surface area contributed by atoms with Crippen molar-refractivity contribution in [1.29, 1.82) is 0 Å². The van der Waals surface area contributed by atoms with Gasteiger partial charge in [0.15, 0.2) is 0 Å². The fraction of sp³-hybridized carbons (Fsp3) is 0.545. The first kappa shape index (κ1) is 14.3. The highest BCUT2D eigenvalue weighted by atomic mass is 14.6. The third kappa shape index (κ3) is 1.64. The largest absolute Gasteiger partial charge is 0.0995 e. The molecule has 0 radical (unpaired) electrons. The molecule has 0 heteroatoms. The number of fused-ring (bicyclic) bond motifs is 5. The van der Waals surface area contributed by atoms with E-state index in [0.717, 1.165) is 18.8 Å². The van der Waals surface area contributed by atoms with E-state index in [2.05, 4.69) is 51.8 Å². The Labute approximate surface area is 135 Å². The molecule has 0 aromatic heterocycles. The van der Waals surface area contributed by atoms with E-state index in [1.165, 1.54) is 41.6 Å². The second-order valence-electron chi connectivity index (χ2n) is 8.59. The van der Waals surface area contributed by atoms with Crippen molar-refractivity contribution >= 4 is 0 Å². The van der Waals surface area contributed by atoms with Crippen LogP contribution >= 0.6 is 0 Å². The molecule has 2 fully saturated rings. The first-order valence-electron chi connectivity index (χ1n) is 8.80. The van der Waals surface area contributed by atoms with Gasteiger partial charge in [-0.15, -0.1) is 0 Å². The van der Waals surface area contributed by atoms with Crippen molar-refractivity contribution in [3.05, 3.63) is 60.3 Å². The molecule has 4 aliphatic carbocycles. The van der Waals surface area contributed by atoms with Crippen molar-refractivity contribution in [2.24, 2.45) is 28.6 Å². The standard InChI is InChI=1S/C22H28/c1-14-10-11-21(4)17(12-14)7-8-18-19-9-6-16(3)22(19,5)13-15(2)20(18)21/h7-8,12,18-20H,1-3,6,9-11,13H2,4-5H3. The molecular weight excluding hydrogens is 264 g/mol. The third-order valence-electron chi connectivity index (χ3n) is 7.44. The molecule has 0 amide bonds. The van der Waals surface area contributed by atoms with Crippen LogP contribution in [0.4, 0.5) is 0 Å². The Hall–Kier alpha value is -1.30. The van der Waals surface area contributed by atoms with Crippen LogP contribution in [0.2, 0.25) is 0 Å². The van der Waals surface area contributed by atoms with Gasteiger partial charge >= 0.3 is 0 Å². The monoisotopic (exact) mass is 292 g/mol. The fourth-order valence-corrected chi connectivity index (χ4v) is 6.09. The normalized spacial score (nSPS) is 46.9. The molecule has 22 heavy (non-hydrogen) atoms. The summed E-state index contributed by atoms with van der Waals surface area (Å²) in [4.78, 5) is 0. The number of allylic oxidation sites excluding steroid dienone is 7. The molecule has 0 aliphatic heterocycles. The van der Waals surface area contributed by atoms with Crippen LogP contribution in [0.15, 0.2) is 60.3 Å². The summed E-state index contributed by atoms with van der Waals surface area (Å²) in [6.07, 6.45) is 13.3. The van der Waals surface area contributed by atoms with Crippen molar-refractivity contribution in [1.82, 2.24) is 0 Å². The topological polar surface area (TPSA) is 0 Å². The molecule has 5 atom stereocenters. The van der Waals surface area contributed by atoms with Gasteiger partial charge < -0.3 is 0 Å². The van der Waals surface area contributed by atoms with Gasteiger partial charge in [0.25, 0.3) is 0 Å². The SMILES string of the molecule is C=C1C=C2C=CC3C4CCC(=C)C4(C)CC(=C)C3C2(C)CC1. The highest BCUT2D eigenvalue weighted by Gasteiger charge is 2.57. The van der Waals surface area contributed by atoms with E-state index in [4.69, 9.17) is 0 Å². The van der Waals surface area contributed by atoms with E-state index >= 15 is 0 Å². The third-order valence-corrected chi connectivity index (χ3v) is 7.44. The maximum atomic E-state index is 4.57. The quantitative estimate of drug-likeness (QED) is 0.480. The van der Waals surface area contributed by atoms with Crippen LogP contribution in [0.1, 0.15) is 46.0 Å². The molecule has 0 aromatic carbocycles. The van der Waals surface area contributed by atoms with Crippen molar-refractivity contribution in [2.75, 3.05) is 0 Å². The average molecular weight is 292 g/mol. The van der Waals surface area contributed by atoms with Gasteiger partial charge in [0, 0.05) is 0 Å². The predicted molar refractivity (Wildman–Crippen MR) is 94.4 cm³/mol. The number of hydrogen-bond donors (Lipinski definition) is 0. The molecule has 0 aromatic rings. The van der Waals surface area contributed by atoms with E-state index in [1.807, 2.05) is 0 Å². The second kappa shape index (κ2) is 4.37. The number of hydrogen-bond acceptors (Lipinski definition) is 0. The average Bonchev–Trinajstić information content (AvgIpc) is 2.75. The molecule has 0 nitrogen and oxygen atoms in total. The van der Waals surface area contributed by atoms with Gasteiger partial charge in [-0.25, -0.2) is 0 Å². The minimum atomic E-state index is 0.267. The summed E-state index contributed by atoms with van der Waals surface area (Å²) in [6, 6.07) is 0. The zero-order chi connectivity index (χ0) is 15.7. The maximum Gasteiger partial charge on any atom is -0.000110 e. The Bertz CT molecular complexity index is 643. The summed E-state index contributed by atoms with van der Waals surface area (Å²) >= 11 is 0. The Morgan fingerprint density at radius 3 is 2.64 bits per heavy atom. The lowest BCUT2D eigenvalue weighted by atomic mass is 9.48. The summed E-state index contributed by atoms with van der Waals surface area (Å²) in [5.74, 6) is 2.02. The van der Waals surface area contributed by atoms with Crippen molar-refractivity contribution < 1.29 is 0 Å². The van der Waals surface area contributed by atoms with E-state index in [9.17, 15) is 0 Å². The minimum absolute atomic E-state index is 0.267. The van der Waals surface area contributed by atoms with E-state index in [-0.39, 0.29) is 5.41 Å². The van der Waals surface area contributed by atoms with Gasteiger partial charge in [0.05, 0.1) is 0 Å². The van der Waals surface area contributed by atoms with Gasteiger partial charge in [0.2, 0.25) is 0 Å². The lowest BCUT2D eigenvalue weighted by Crippen LogP contribution is -2.48. The molecule has 2 saturated carbocycles. The summed E-state index contributed by atoms with van der Waals surface area (Å²) < 4.78 is 0. The number of rotatable bonds is 0. The lowest BCUT2D eigenvalue weighted by molar-refractivity contribution is 0.0650. The molecule has 5 unspecified atom stereocenters. The van der Waals surface area contributed by atoms with Crippen LogP contribution < -0.4 is 0 Å². The molecule has 0 bridgehead atoms. The zero-order valence-corrected chi connectivity index (χ0v) is 14.1. The first-order chi connectivity index (χ1) is 10.4. The molecule has 0 spiro atoms. The van der Waals surface area contributed by atoms with Crippen molar-refractivity contribution in [3.63, 3.8) is 0 Å². The maximum absolute atomic E-state index is 4.57. The Kier molecular flexibility index (Phi) is 2.84. The minimum Gasteiger partial charge on any atom is -0.0995 e. The second-order valence-corrected chi connectivity index (χ2v) is 8.59.